The van der Waals surface area contributed by atoms with Crippen LogP contribution in [0.5, 0.6) is 5.75 Å². The molecule has 0 atom stereocenters. The first kappa shape index (κ1) is 18.1. The van der Waals surface area contributed by atoms with Gasteiger partial charge in [0.2, 0.25) is 0 Å². The molecule has 1 fully saturated rings. The number of nitrogens with zero attached hydrogens (tertiary/aromatic N) is 2. The lowest BCUT2D eigenvalue weighted by Crippen LogP contribution is -2.32. The van der Waals surface area contributed by atoms with Crippen molar-refractivity contribution in [3.05, 3.63) is 29.8 Å². The summed E-state index contributed by atoms with van der Waals surface area (Å²) in [5.74, 6) is -0.249. The summed E-state index contributed by atoms with van der Waals surface area (Å²) in [5, 5.41) is 0.913. The minimum absolute atomic E-state index is 0.538. The highest BCUT2D eigenvalue weighted by molar-refractivity contribution is 8.13. The van der Waals surface area contributed by atoms with E-state index in [1.807, 2.05) is 30.5 Å². The average Bonchev–Trinajstić information content (AvgIpc) is 3.07. The highest BCUT2D eigenvalue weighted by atomic mass is 32.2. The first-order chi connectivity index (χ1) is 11.1. The van der Waals surface area contributed by atoms with Crippen LogP contribution in [-0.4, -0.2) is 50.2 Å². The molecule has 1 aromatic carbocycles. The van der Waals surface area contributed by atoms with E-state index in [4.69, 9.17) is 19.2 Å². The summed E-state index contributed by atoms with van der Waals surface area (Å²) >= 11 is 1.61. The molecule has 1 aliphatic heterocycles. The summed E-state index contributed by atoms with van der Waals surface area (Å²) in [6, 6.07) is 7.68. The Bertz CT molecular complexity index is 513. The Morgan fingerprint density at radius 1 is 1.30 bits per heavy atom. The van der Waals surface area contributed by atoms with Gasteiger partial charge in [-0.25, -0.2) is 0 Å². The minimum atomic E-state index is -1.05. The summed E-state index contributed by atoms with van der Waals surface area (Å²) < 4.78 is 17.0. The van der Waals surface area contributed by atoms with Crippen LogP contribution in [0.25, 0.3) is 0 Å². The summed E-state index contributed by atoms with van der Waals surface area (Å²) in [5.41, 5.74) is 0.881. The van der Waals surface area contributed by atoms with Crippen LogP contribution in [0.15, 0.2) is 29.3 Å². The van der Waals surface area contributed by atoms with Gasteiger partial charge in [-0.15, -0.1) is 0 Å². The Labute approximate surface area is 143 Å². The number of benzene rings is 1. The molecule has 0 amide bonds. The van der Waals surface area contributed by atoms with Gasteiger partial charge in [0.1, 0.15) is 5.75 Å². The molecule has 23 heavy (non-hydrogen) atoms. The second kappa shape index (κ2) is 8.57. The molecule has 1 aliphatic rings. The van der Waals surface area contributed by atoms with E-state index in [1.165, 1.54) is 0 Å². The zero-order chi connectivity index (χ0) is 16.7. The molecule has 0 spiro atoms. The maximum atomic E-state index is 5.90. The van der Waals surface area contributed by atoms with E-state index in [0.717, 1.165) is 35.9 Å². The third-order valence-electron chi connectivity index (χ3n) is 3.73. The van der Waals surface area contributed by atoms with Crippen molar-refractivity contribution >= 4 is 16.9 Å². The van der Waals surface area contributed by atoms with Crippen LogP contribution in [0.2, 0.25) is 0 Å². The number of hydrogen-bond donors (Lipinski definition) is 0. The van der Waals surface area contributed by atoms with Gasteiger partial charge in [0.15, 0.2) is 5.17 Å². The minimum Gasteiger partial charge on any atom is -0.497 e. The van der Waals surface area contributed by atoms with Gasteiger partial charge < -0.3 is 19.1 Å². The molecule has 2 rings (SSSR count). The van der Waals surface area contributed by atoms with Gasteiger partial charge in [0, 0.05) is 19.2 Å². The molecule has 128 valence electrons. The van der Waals surface area contributed by atoms with Crippen molar-refractivity contribution in [2.45, 2.75) is 25.7 Å². The number of rotatable bonds is 6. The number of aliphatic imine (C=N–C) groups is 1. The quantitative estimate of drug-likeness (QED) is 0.588. The van der Waals surface area contributed by atoms with Crippen LogP contribution in [-0.2, 0) is 15.4 Å². The molecule has 0 N–H and O–H groups in total. The second-order valence-corrected chi connectivity index (χ2v) is 6.15. The van der Waals surface area contributed by atoms with Gasteiger partial charge in [-0.3, -0.25) is 0 Å². The van der Waals surface area contributed by atoms with Crippen molar-refractivity contribution in [3.63, 3.8) is 0 Å². The van der Waals surface area contributed by atoms with Crippen LogP contribution < -0.4 is 4.74 Å². The standard InChI is InChI=1S/C17H26N2O3S/c1-5-6-11-19(2)16(23-4)18-17(21-12-13-22-17)14-7-9-15(20-3)10-8-14/h7-10H,5-6,11-13H2,1-4H3. The van der Waals surface area contributed by atoms with Crippen molar-refractivity contribution in [1.82, 2.24) is 4.90 Å². The number of methoxy groups -OCH3 is 1. The highest BCUT2D eigenvalue weighted by Crippen LogP contribution is 2.35. The fraction of sp³-hybridized carbons (Fsp3) is 0.588. The Hall–Kier alpha value is -1.24. The van der Waals surface area contributed by atoms with Crippen LogP contribution >= 0.6 is 11.8 Å². The fourth-order valence-electron chi connectivity index (χ4n) is 2.40. The first-order valence-corrected chi connectivity index (χ1v) is 9.15. The van der Waals surface area contributed by atoms with Gasteiger partial charge in [0.25, 0.3) is 5.91 Å². The second-order valence-electron chi connectivity index (χ2n) is 5.38. The molecule has 5 nitrogen and oxygen atoms in total. The summed E-state index contributed by atoms with van der Waals surface area (Å²) in [7, 11) is 3.71. The van der Waals surface area contributed by atoms with Crippen LogP contribution in [0.3, 0.4) is 0 Å². The Morgan fingerprint density at radius 3 is 2.48 bits per heavy atom. The van der Waals surface area contributed by atoms with Gasteiger partial charge in [-0.2, -0.15) is 4.99 Å². The molecule has 0 saturated carbocycles. The molecule has 1 heterocycles. The van der Waals surface area contributed by atoms with Crippen molar-refractivity contribution < 1.29 is 14.2 Å². The maximum Gasteiger partial charge on any atom is 0.300 e. The third-order valence-corrected chi connectivity index (χ3v) is 4.50. The fourth-order valence-corrected chi connectivity index (χ4v) is 3.02. The molecule has 0 bridgehead atoms. The van der Waals surface area contributed by atoms with Gasteiger partial charge in [-0.1, -0.05) is 25.1 Å². The summed E-state index contributed by atoms with van der Waals surface area (Å²) in [4.78, 5) is 6.98. The monoisotopic (exact) mass is 338 g/mol. The lowest BCUT2D eigenvalue weighted by molar-refractivity contribution is -0.158. The van der Waals surface area contributed by atoms with Crippen LogP contribution in [0.4, 0.5) is 0 Å². The zero-order valence-corrected chi connectivity index (χ0v) is 15.2. The van der Waals surface area contributed by atoms with E-state index in [9.17, 15) is 0 Å². The summed E-state index contributed by atoms with van der Waals surface area (Å²) in [6.45, 7) is 4.23. The predicted molar refractivity (Wildman–Crippen MR) is 95.1 cm³/mol. The molecule has 1 aromatic rings. The average molecular weight is 338 g/mol. The Morgan fingerprint density at radius 2 is 1.96 bits per heavy atom. The smallest absolute Gasteiger partial charge is 0.300 e. The molecule has 0 radical (unpaired) electrons. The SMILES string of the molecule is CCCCN(C)C(=NC1(c2ccc(OC)cc2)OCCO1)SC. The number of amidine groups is 1. The number of unbranched alkanes of at least 4 members (excludes halogenated alkanes) is 1. The van der Waals surface area contributed by atoms with E-state index >= 15 is 0 Å². The number of thioether (sulfide) groups is 1. The van der Waals surface area contributed by atoms with Crippen molar-refractivity contribution in [2.24, 2.45) is 4.99 Å². The maximum absolute atomic E-state index is 5.90. The topological polar surface area (TPSA) is 43.3 Å². The van der Waals surface area contributed by atoms with Gasteiger partial charge in [0.05, 0.1) is 20.3 Å². The van der Waals surface area contributed by atoms with Gasteiger partial charge in [-0.05, 0) is 36.9 Å². The van der Waals surface area contributed by atoms with Gasteiger partial charge >= 0.3 is 0 Å². The third kappa shape index (κ3) is 4.40. The largest absolute Gasteiger partial charge is 0.497 e. The number of ether oxygens (including phenoxy) is 3. The van der Waals surface area contributed by atoms with Crippen molar-refractivity contribution in [1.29, 1.82) is 0 Å². The van der Waals surface area contributed by atoms with E-state index in [1.54, 1.807) is 18.9 Å². The van der Waals surface area contributed by atoms with Crippen molar-refractivity contribution in [2.75, 3.05) is 40.2 Å². The Balaban J connectivity index is 2.29. The lowest BCUT2D eigenvalue weighted by atomic mass is 10.1. The molecule has 0 aliphatic carbocycles. The van der Waals surface area contributed by atoms with Crippen LogP contribution in [0.1, 0.15) is 25.3 Å². The molecule has 1 saturated heterocycles. The first-order valence-electron chi connectivity index (χ1n) is 7.92. The molecule has 0 unspecified atom stereocenters. The van der Waals surface area contributed by atoms with Crippen molar-refractivity contribution in [3.8, 4) is 5.75 Å². The normalized spacial score (nSPS) is 17.3. The predicted octanol–water partition coefficient (Wildman–Crippen LogP) is 3.30. The van der Waals surface area contributed by atoms with Crippen LogP contribution in [0, 0.1) is 0 Å². The van der Waals surface area contributed by atoms with E-state index < -0.39 is 5.91 Å². The zero-order valence-electron chi connectivity index (χ0n) is 14.4. The Kier molecular flexibility index (Phi) is 6.74. The lowest BCUT2D eigenvalue weighted by Gasteiger charge is -2.27. The van der Waals surface area contributed by atoms with E-state index in [0.29, 0.717) is 13.2 Å². The summed E-state index contributed by atoms with van der Waals surface area (Å²) in [6.07, 6.45) is 4.31. The number of hydrogen-bond acceptors (Lipinski definition) is 5. The molecule has 0 aromatic heterocycles. The van der Waals surface area contributed by atoms with E-state index in [2.05, 4.69) is 18.9 Å². The molecular weight excluding hydrogens is 312 g/mol. The van der Waals surface area contributed by atoms with E-state index in [-0.39, 0.29) is 0 Å². The molecule has 6 heteroatoms. The highest BCUT2D eigenvalue weighted by Gasteiger charge is 2.39. The molecular formula is C17H26N2O3S.